The Labute approximate surface area is 114 Å². The molecule has 0 aromatic carbocycles. The predicted molar refractivity (Wildman–Crippen MR) is 73.2 cm³/mol. The van der Waals surface area contributed by atoms with Gasteiger partial charge in [-0.3, -0.25) is 4.79 Å². The first-order valence-corrected chi connectivity index (χ1v) is 6.63. The van der Waals surface area contributed by atoms with Gasteiger partial charge < -0.3 is 15.2 Å². The Balaban J connectivity index is 2.49. The van der Waals surface area contributed by atoms with Gasteiger partial charge in [0.1, 0.15) is 0 Å². The fourth-order valence-electron chi connectivity index (χ4n) is 1.52. The number of rotatable bonds is 7. The fourth-order valence-corrected chi connectivity index (χ4v) is 1.52. The molecule has 19 heavy (non-hydrogen) atoms. The molecule has 5 heteroatoms. The van der Waals surface area contributed by atoms with Crippen LogP contribution in [0.4, 0.5) is 0 Å². The molecule has 2 atom stereocenters. The lowest BCUT2D eigenvalue weighted by Crippen LogP contribution is -2.35. The van der Waals surface area contributed by atoms with Crippen molar-refractivity contribution in [1.82, 2.24) is 10.3 Å². The summed E-state index contributed by atoms with van der Waals surface area (Å²) in [4.78, 5) is 15.8. The average molecular weight is 266 g/mol. The van der Waals surface area contributed by atoms with Gasteiger partial charge in [-0.2, -0.15) is 0 Å². The first-order valence-electron chi connectivity index (χ1n) is 6.63. The Bertz CT molecular complexity index is 392. The second kappa shape index (κ2) is 7.74. The van der Waals surface area contributed by atoms with E-state index in [1.54, 1.807) is 12.1 Å². The van der Waals surface area contributed by atoms with Crippen LogP contribution in [0.5, 0.6) is 5.88 Å². The Morgan fingerprint density at radius 3 is 2.74 bits per heavy atom. The van der Waals surface area contributed by atoms with E-state index in [0.717, 1.165) is 6.42 Å². The van der Waals surface area contributed by atoms with Gasteiger partial charge in [-0.25, -0.2) is 4.98 Å². The molecular weight excluding hydrogens is 244 g/mol. The molecule has 0 fully saturated rings. The van der Waals surface area contributed by atoms with Crippen LogP contribution in [0.3, 0.4) is 0 Å². The summed E-state index contributed by atoms with van der Waals surface area (Å²) in [6.07, 6.45) is 1.82. The highest BCUT2D eigenvalue weighted by molar-refractivity contribution is 5.93. The summed E-state index contributed by atoms with van der Waals surface area (Å²) in [5, 5.41) is 12.5. The Kier molecular flexibility index (Phi) is 6.29. The second-order valence-electron chi connectivity index (χ2n) is 4.48. The predicted octanol–water partition coefficient (Wildman–Crippen LogP) is 1.62. The minimum Gasteiger partial charge on any atom is -0.478 e. The van der Waals surface area contributed by atoms with Gasteiger partial charge in [0.25, 0.3) is 5.91 Å². The number of carbonyl (C=O) groups is 1. The number of nitrogens with one attached hydrogen (secondary N) is 1. The monoisotopic (exact) mass is 266 g/mol. The zero-order valence-electron chi connectivity index (χ0n) is 11.7. The number of amides is 1. The average Bonchev–Trinajstić information content (AvgIpc) is 2.44. The van der Waals surface area contributed by atoms with Gasteiger partial charge in [0.05, 0.1) is 18.3 Å². The van der Waals surface area contributed by atoms with Gasteiger partial charge in [0.15, 0.2) is 0 Å². The molecule has 0 saturated heterocycles. The third-order valence-electron chi connectivity index (χ3n) is 3.06. The van der Waals surface area contributed by atoms with E-state index in [1.165, 1.54) is 6.20 Å². The van der Waals surface area contributed by atoms with Crippen molar-refractivity contribution >= 4 is 5.91 Å². The van der Waals surface area contributed by atoms with E-state index in [9.17, 15) is 9.90 Å². The largest absolute Gasteiger partial charge is 0.478 e. The topological polar surface area (TPSA) is 71.5 Å². The first-order chi connectivity index (χ1) is 9.08. The van der Waals surface area contributed by atoms with Gasteiger partial charge in [0.2, 0.25) is 5.88 Å². The Morgan fingerprint density at radius 1 is 1.47 bits per heavy atom. The van der Waals surface area contributed by atoms with Gasteiger partial charge in [-0.1, -0.05) is 20.3 Å². The molecule has 1 aromatic heterocycles. The number of carbonyl (C=O) groups excluding carboxylic acids is 1. The lowest BCUT2D eigenvalue weighted by molar-refractivity contribution is 0.0850. The summed E-state index contributed by atoms with van der Waals surface area (Å²) in [5.41, 5.74) is 0.458. The number of aliphatic hydroxyl groups is 1. The molecule has 5 nitrogen and oxygen atoms in total. The zero-order valence-corrected chi connectivity index (χ0v) is 11.7. The van der Waals surface area contributed by atoms with Crippen LogP contribution < -0.4 is 10.1 Å². The maximum Gasteiger partial charge on any atom is 0.252 e. The minimum absolute atomic E-state index is 0.166. The van der Waals surface area contributed by atoms with E-state index in [4.69, 9.17) is 4.74 Å². The van der Waals surface area contributed by atoms with Crippen LogP contribution in [0.15, 0.2) is 18.3 Å². The van der Waals surface area contributed by atoms with E-state index in [1.807, 2.05) is 20.8 Å². The van der Waals surface area contributed by atoms with Crippen molar-refractivity contribution in [3.8, 4) is 5.88 Å². The van der Waals surface area contributed by atoms with E-state index in [0.29, 0.717) is 18.1 Å². The summed E-state index contributed by atoms with van der Waals surface area (Å²) in [7, 11) is 0. The SMILES string of the molecule is CCOc1ccc(C(=O)NCC(O)C(C)CC)cn1. The second-order valence-corrected chi connectivity index (χ2v) is 4.48. The standard InChI is InChI=1S/C14H22N2O3/c1-4-10(3)12(17)9-16-14(18)11-6-7-13(15-8-11)19-5-2/h6-8,10,12,17H,4-5,9H2,1-3H3,(H,16,18). The maximum atomic E-state index is 11.8. The number of aliphatic hydroxyl groups excluding tert-OH is 1. The van der Waals surface area contributed by atoms with E-state index in [2.05, 4.69) is 10.3 Å². The summed E-state index contributed by atoms with van der Waals surface area (Å²) in [5.74, 6) is 0.426. The highest BCUT2D eigenvalue weighted by atomic mass is 16.5. The zero-order chi connectivity index (χ0) is 14.3. The van der Waals surface area contributed by atoms with E-state index in [-0.39, 0.29) is 18.4 Å². The van der Waals surface area contributed by atoms with Crippen molar-refractivity contribution in [3.05, 3.63) is 23.9 Å². The number of nitrogens with zero attached hydrogens (tertiary/aromatic N) is 1. The maximum absolute atomic E-state index is 11.8. The number of ether oxygens (including phenoxy) is 1. The lowest BCUT2D eigenvalue weighted by atomic mass is 10.0. The summed E-state index contributed by atoms with van der Waals surface area (Å²) >= 11 is 0. The highest BCUT2D eigenvalue weighted by Crippen LogP contribution is 2.08. The van der Waals surface area contributed by atoms with Crippen molar-refractivity contribution in [1.29, 1.82) is 0 Å². The third-order valence-corrected chi connectivity index (χ3v) is 3.06. The smallest absolute Gasteiger partial charge is 0.252 e. The summed E-state index contributed by atoms with van der Waals surface area (Å²) in [6.45, 7) is 6.63. The van der Waals surface area contributed by atoms with Crippen molar-refractivity contribution in [3.63, 3.8) is 0 Å². The summed E-state index contributed by atoms with van der Waals surface area (Å²) in [6, 6.07) is 3.31. The Morgan fingerprint density at radius 2 is 2.21 bits per heavy atom. The van der Waals surface area contributed by atoms with E-state index < -0.39 is 6.10 Å². The molecule has 1 aromatic rings. The number of hydrogen-bond acceptors (Lipinski definition) is 4. The third kappa shape index (κ3) is 4.87. The highest BCUT2D eigenvalue weighted by Gasteiger charge is 2.14. The molecule has 2 N–H and O–H groups in total. The number of aromatic nitrogens is 1. The molecular formula is C14H22N2O3. The molecule has 0 spiro atoms. The van der Waals surface area contributed by atoms with Gasteiger partial charge in [0, 0.05) is 18.8 Å². The minimum atomic E-state index is -0.524. The first kappa shape index (κ1) is 15.4. The van der Waals surface area contributed by atoms with E-state index >= 15 is 0 Å². The molecule has 0 aliphatic carbocycles. The summed E-state index contributed by atoms with van der Waals surface area (Å²) < 4.78 is 5.20. The van der Waals surface area contributed by atoms with Gasteiger partial charge >= 0.3 is 0 Å². The molecule has 0 aliphatic heterocycles. The molecule has 1 rings (SSSR count). The van der Waals surface area contributed by atoms with Crippen LogP contribution in [-0.4, -0.2) is 35.3 Å². The molecule has 0 saturated carbocycles. The van der Waals surface area contributed by atoms with Crippen LogP contribution in [0, 0.1) is 5.92 Å². The van der Waals surface area contributed by atoms with Crippen LogP contribution >= 0.6 is 0 Å². The number of hydrogen-bond donors (Lipinski definition) is 2. The van der Waals surface area contributed by atoms with Gasteiger partial charge in [-0.15, -0.1) is 0 Å². The molecule has 2 unspecified atom stereocenters. The van der Waals surface area contributed by atoms with Crippen molar-refractivity contribution in [2.75, 3.05) is 13.2 Å². The van der Waals surface area contributed by atoms with Crippen LogP contribution in [0.1, 0.15) is 37.6 Å². The van der Waals surface area contributed by atoms with Crippen molar-refractivity contribution < 1.29 is 14.6 Å². The fraction of sp³-hybridized carbons (Fsp3) is 0.571. The van der Waals surface area contributed by atoms with Crippen LogP contribution in [0.25, 0.3) is 0 Å². The van der Waals surface area contributed by atoms with Crippen LogP contribution in [0.2, 0.25) is 0 Å². The molecule has 1 heterocycles. The van der Waals surface area contributed by atoms with Gasteiger partial charge in [-0.05, 0) is 18.9 Å². The molecule has 0 radical (unpaired) electrons. The molecule has 0 aliphatic rings. The normalized spacial score (nSPS) is 13.7. The van der Waals surface area contributed by atoms with Crippen molar-refractivity contribution in [2.24, 2.45) is 5.92 Å². The lowest BCUT2D eigenvalue weighted by Gasteiger charge is -2.17. The molecule has 1 amide bonds. The van der Waals surface area contributed by atoms with Crippen molar-refractivity contribution in [2.45, 2.75) is 33.3 Å². The molecule has 106 valence electrons. The number of pyridine rings is 1. The Hall–Kier alpha value is -1.62. The molecule has 0 bridgehead atoms. The quantitative estimate of drug-likeness (QED) is 0.786. The van der Waals surface area contributed by atoms with Crippen LogP contribution in [-0.2, 0) is 0 Å².